The minimum absolute atomic E-state index is 0.285. The van der Waals surface area contributed by atoms with E-state index in [1.54, 1.807) is 0 Å². The standard InChI is InChI=1S/C12H14N2/c1-14-12(6-7-12)8-10-4-2-3-5-11(10)9-13/h2-5,14H,6-8H2,1H3. The predicted octanol–water partition coefficient (Wildman–Crippen LogP) is 1.85. The van der Waals surface area contributed by atoms with Crippen LogP contribution < -0.4 is 5.32 Å². The molecule has 1 aromatic carbocycles. The van der Waals surface area contributed by atoms with Gasteiger partial charge in [-0.1, -0.05) is 18.2 Å². The third-order valence-corrected chi connectivity index (χ3v) is 3.05. The van der Waals surface area contributed by atoms with Crippen LogP contribution in [0.4, 0.5) is 0 Å². The highest BCUT2D eigenvalue weighted by Gasteiger charge is 2.41. The van der Waals surface area contributed by atoms with E-state index in [0.717, 1.165) is 12.0 Å². The third kappa shape index (κ3) is 1.64. The van der Waals surface area contributed by atoms with E-state index >= 15 is 0 Å². The van der Waals surface area contributed by atoms with Gasteiger partial charge in [0.05, 0.1) is 11.6 Å². The largest absolute Gasteiger partial charge is 0.314 e. The topological polar surface area (TPSA) is 35.8 Å². The molecule has 0 spiro atoms. The molecule has 0 radical (unpaired) electrons. The van der Waals surface area contributed by atoms with Gasteiger partial charge < -0.3 is 5.32 Å². The Balaban J connectivity index is 2.21. The number of hydrogen-bond acceptors (Lipinski definition) is 2. The second-order valence-corrected chi connectivity index (χ2v) is 3.98. The van der Waals surface area contributed by atoms with Gasteiger partial charge in [-0.2, -0.15) is 5.26 Å². The van der Waals surface area contributed by atoms with E-state index in [-0.39, 0.29) is 5.54 Å². The molecular formula is C12H14N2. The molecule has 1 saturated carbocycles. The van der Waals surface area contributed by atoms with Crippen LogP contribution in [0.5, 0.6) is 0 Å². The molecule has 0 atom stereocenters. The number of benzene rings is 1. The van der Waals surface area contributed by atoms with E-state index < -0.39 is 0 Å². The Kier molecular flexibility index (Phi) is 2.26. The van der Waals surface area contributed by atoms with E-state index in [1.807, 2.05) is 25.2 Å². The van der Waals surface area contributed by atoms with Gasteiger partial charge in [0.2, 0.25) is 0 Å². The molecule has 1 fully saturated rings. The molecule has 0 heterocycles. The molecule has 14 heavy (non-hydrogen) atoms. The number of nitrogens with one attached hydrogen (secondary N) is 1. The summed E-state index contributed by atoms with van der Waals surface area (Å²) in [4.78, 5) is 0. The van der Waals surface area contributed by atoms with Crippen LogP contribution in [0.25, 0.3) is 0 Å². The lowest BCUT2D eigenvalue weighted by molar-refractivity contribution is 0.548. The van der Waals surface area contributed by atoms with Crippen LogP contribution in [0.2, 0.25) is 0 Å². The molecule has 1 aliphatic carbocycles. The van der Waals surface area contributed by atoms with Crippen molar-refractivity contribution in [3.05, 3.63) is 35.4 Å². The fourth-order valence-electron chi connectivity index (χ4n) is 1.81. The average molecular weight is 186 g/mol. The van der Waals surface area contributed by atoms with E-state index in [4.69, 9.17) is 5.26 Å². The molecule has 1 aliphatic rings. The lowest BCUT2D eigenvalue weighted by Crippen LogP contribution is -2.29. The maximum atomic E-state index is 8.94. The van der Waals surface area contributed by atoms with Crippen molar-refractivity contribution in [3.63, 3.8) is 0 Å². The molecule has 0 amide bonds. The lowest BCUT2D eigenvalue weighted by Gasteiger charge is -2.14. The van der Waals surface area contributed by atoms with Gasteiger partial charge in [-0.3, -0.25) is 0 Å². The Morgan fingerprint density at radius 3 is 2.71 bits per heavy atom. The van der Waals surface area contributed by atoms with Gasteiger partial charge in [0, 0.05) is 5.54 Å². The second-order valence-electron chi connectivity index (χ2n) is 3.98. The smallest absolute Gasteiger partial charge is 0.0994 e. The van der Waals surface area contributed by atoms with Gasteiger partial charge in [0.15, 0.2) is 0 Å². The highest BCUT2D eigenvalue weighted by atomic mass is 15.0. The summed E-state index contributed by atoms with van der Waals surface area (Å²) in [5, 5.41) is 12.3. The fourth-order valence-corrected chi connectivity index (χ4v) is 1.81. The fraction of sp³-hybridized carbons (Fsp3) is 0.417. The van der Waals surface area contributed by atoms with Crippen molar-refractivity contribution in [3.8, 4) is 6.07 Å². The molecule has 0 aliphatic heterocycles. The summed E-state index contributed by atoms with van der Waals surface area (Å²) in [5.41, 5.74) is 2.27. The molecule has 2 heteroatoms. The van der Waals surface area contributed by atoms with Gasteiger partial charge >= 0.3 is 0 Å². The minimum Gasteiger partial charge on any atom is -0.314 e. The Bertz CT molecular complexity index is 372. The van der Waals surface area contributed by atoms with E-state index in [1.165, 1.54) is 18.4 Å². The summed E-state index contributed by atoms with van der Waals surface area (Å²) in [6, 6.07) is 10.1. The zero-order chi connectivity index (χ0) is 10.0. The van der Waals surface area contributed by atoms with Crippen LogP contribution in [0, 0.1) is 11.3 Å². The van der Waals surface area contributed by atoms with E-state index in [9.17, 15) is 0 Å². The van der Waals surface area contributed by atoms with Crippen LogP contribution >= 0.6 is 0 Å². The van der Waals surface area contributed by atoms with Crippen LogP contribution in [-0.4, -0.2) is 12.6 Å². The number of rotatable bonds is 3. The zero-order valence-corrected chi connectivity index (χ0v) is 8.38. The van der Waals surface area contributed by atoms with Gasteiger partial charge in [-0.05, 0) is 37.9 Å². The summed E-state index contributed by atoms with van der Waals surface area (Å²) in [7, 11) is 2.00. The highest BCUT2D eigenvalue weighted by Crippen LogP contribution is 2.38. The molecular weight excluding hydrogens is 172 g/mol. The summed E-state index contributed by atoms with van der Waals surface area (Å²) in [5.74, 6) is 0. The molecule has 72 valence electrons. The molecule has 0 unspecified atom stereocenters. The van der Waals surface area contributed by atoms with Gasteiger partial charge in [0.25, 0.3) is 0 Å². The summed E-state index contributed by atoms with van der Waals surface area (Å²) in [6.07, 6.45) is 3.43. The van der Waals surface area contributed by atoms with Crippen molar-refractivity contribution in [2.24, 2.45) is 0 Å². The summed E-state index contributed by atoms with van der Waals surface area (Å²) < 4.78 is 0. The first kappa shape index (κ1) is 9.23. The summed E-state index contributed by atoms with van der Waals surface area (Å²) >= 11 is 0. The second kappa shape index (κ2) is 3.43. The number of nitrogens with zero attached hydrogens (tertiary/aromatic N) is 1. The minimum atomic E-state index is 0.285. The molecule has 2 rings (SSSR count). The van der Waals surface area contributed by atoms with E-state index in [2.05, 4.69) is 17.5 Å². The quantitative estimate of drug-likeness (QED) is 0.782. The highest BCUT2D eigenvalue weighted by molar-refractivity contribution is 5.39. The summed E-state index contributed by atoms with van der Waals surface area (Å²) in [6.45, 7) is 0. The number of likely N-dealkylation sites (N-methyl/N-ethyl adjacent to an activating group) is 1. The van der Waals surface area contributed by atoms with E-state index in [0.29, 0.717) is 0 Å². The zero-order valence-electron chi connectivity index (χ0n) is 8.38. The van der Waals surface area contributed by atoms with Crippen molar-refractivity contribution in [2.45, 2.75) is 24.8 Å². The SMILES string of the molecule is CNC1(Cc2ccccc2C#N)CC1. The molecule has 1 aromatic rings. The first-order chi connectivity index (χ1) is 6.79. The van der Waals surface area contributed by atoms with Gasteiger partial charge in [0.1, 0.15) is 0 Å². The van der Waals surface area contributed by atoms with Crippen LogP contribution in [0.3, 0.4) is 0 Å². The molecule has 1 N–H and O–H groups in total. The first-order valence-corrected chi connectivity index (χ1v) is 4.97. The van der Waals surface area contributed by atoms with Crippen molar-refractivity contribution in [1.29, 1.82) is 5.26 Å². The maximum absolute atomic E-state index is 8.94. The molecule has 0 bridgehead atoms. The maximum Gasteiger partial charge on any atom is 0.0994 e. The normalized spacial score (nSPS) is 17.4. The van der Waals surface area contributed by atoms with Crippen molar-refractivity contribution in [1.82, 2.24) is 5.32 Å². The van der Waals surface area contributed by atoms with Crippen molar-refractivity contribution < 1.29 is 0 Å². The van der Waals surface area contributed by atoms with Crippen LogP contribution in [0.1, 0.15) is 24.0 Å². The van der Waals surface area contributed by atoms with Gasteiger partial charge in [-0.15, -0.1) is 0 Å². The molecule has 0 saturated heterocycles. The Hall–Kier alpha value is -1.33. The lowest BCUT2D eigenvalue weighted by atomic mass is 10.00. The number of hydrogen-bond donors (Lipinski definition) is 1. The van der Waals surface area contributed by atoms with Crippen molar-refractivity contribution in [2.75, 3.05) is 7.05 Å². The van der Waals surface area contributed by atoms with Crippen LogP contribution in [0.15, 0.2) is 24.3 Å². The molecule has 0 aromatic heterocycles. The first-order valence-electron chi connectivity index (χ1n) is 4.97. The van der Waals surface area contributed by atoms with Gasteiger partial charge in [-0.25, -0.2) is 0 Å². The molecule has 2 nitrogen and oxygen atoms in total. The monoisotopic (exact) mass is 186 g/mol. The third-order valence-electron chi connectivity index (χ3n) is 3.05. The Labute approximate surface area is 84.6 Å². The number of nitriles is 1. The Morgan fingerprint density at radius 1 is 1.43 bits per heavy atom. The average Bonchev–Trinajstić information content (AvgIpc) is 2.99. The van der Waals surface area contributed by atoms with Crippen molar-refractivity contribution >= 4 is 0 Å². The van der Waals surface area contributed by atoms with Crippen LogP contribution in [-0.2, 0) is 6.42 Å². The Morgan fingerprint density at radius 2 is 2.14 bits per heavy atom. The predicted molar refractivity (Wildman–Crippen MR) is 55.9 cm³/mol.